The van der Waals surface area contributed by atoms with E-state index in [1.165, 1.54) is 25.1 Å². The first kappa shape index (κ1) is 18.9. The number of ether oxygens (including phenoxy) is 2. The topological polar surface area (TPSA) is 51.7 Å². The second-order valence-corrected chi connectivity index (χ2v) is 5.36. The van der Waals surface area contributed by atoms with Crippen molar-refractivity contribution < 1.29 is 27.4 Å². The molecule has 0 radical (unpaired) electrons. The normalized spacial score (nSPS) is 11.1. The van der Waals surface area contributed by atoms with Crippen LogP contribution in [-0.2, 0) is 0 Å². The van der Waals surface area contributed by atoms with Crippen LogP contribution < -0.4 is 14.4 Å². The van der Waals surface area contributed by atoms with E-state index >= 15 is 0 Å². The van der Waals surface area contributed by atoms with E-state index in [4.69, 9.17) is 16.3 Å². The number of anilines is 1. The quantitative estimate of drug-likeness (QED) is 0.795. The van der Waals surface area contributed by atoms with Gasteiger partial charge in [-0.2, -0.15) is 13.2 Å². The minimum Gasteiger partial charge on any atom is -0.495 e. The molecule has 0 saturated heterocycles. The van der Waals surface area contributed by atoms with Crippen molar-refractivity contribution in [3.8, 4) is 11.6 Å². The first-order valence-corrected chi connectivity index (χ1v) is 7.37. The molecule has 0 fully saturated rings. The van der Waals surface area contributed by atoms with Crippen LogP contribution in [0.3, 0.4) is 0 Å². The van der Waals surface area contributed by atoms with Crippen molar-refractivity contribution in [3.05, 3.63) is 47.1 Å². The average Bonchev–Trinajstić information content (AvgIpc) is 2.58. The average molecular weight is 375 g/mol. The van der Waals surface area contributed by atoms with Gasteiger partial charge in [0.25, 0.3) is 5.91 Å². The predicted molar refractivity (Wildman–Crippen MR) is 86.5 cm³/mol. The number of carbonyl (C=O) groups is 1. The lowest BCUT2D eigenvalue weighted by Crippen LogP contribution is -2.27. The van der Waals surface area contributed by atoms with Gasteiger partial charge in [0.2, 0.25) is 5.88 Å². The van der Waals surface area contributed by atoms with Crippen LogP contribution in [0.2, 0.25) is 5.02 Å². The van der Waals surface area contributed by atoms with E-state index in [0.29, 0.717) is 11.4 Å². The molecule has 25 heavy (non-hydrogen) atoms. The molecule has 0 aliphatic carbocycles. The standard InChI is InChI=1S/C16H14ClF3N2O3/c1-22(12-5-3-4-6-13(12)24-2)15(23)10-7-11(17)14(21-8-10)25-9-16(18,19)20/h3-8H,9H2,1-2H3. The van der Waals surface area contributed by atoms with E-state index in [-0.39, 0.29) is 10.6 Å². The van der Waals surface area contributed by atoms with E-state index < -0.39 is 24.6 Å². The van der Waals surface area contributed by atoms with Gasteiger partial charge in [-0.3, -0.25) is 4.79 Å². The highest BCUT2D eigenvalue weighted by Gasteiger charge is 2.29. The Labute approximate surface area is 146 Å². The number of para-hydroxylation sites is 2. The van der Waals surface area contributed by atoms with Gasteiger partial charge in [0, 0.05) is 13.2 Å². The molecule has 0 unspecified atom stereocenters. The van der Waals surface area contributed by atoms with Crippen molar-refractivity contribution in [3.63, 3.8) is 0 Å². The Bertz CT molecular complexity index is 769. The van der Waals surface area contributed by atoms with Crippen LogP contribution in [-0.4, -0.2) is 37.8 Å². The summed E-state index contributed by atoms with van der Waals surface area (Å²) in [4.78, 5) is 17.6. The molecular weight excluding hydrogens is 361 g/mol. The molecule has 0 atom stereocenters. The SMILES string of the molecule is COc1ccccc1N(C)C(=O)c1cnc(OCC(F)(F)F)c(Cl)c1. The number of rotatable bonds is 5. The monoisotopic (exact) mass is 374 g/mol. The zero-order chi connectivity index (χ0) is 18.6. The zero-order valence-corrected chi connectivity index (χ0v) is 14.1. The fourth-order valence-corrected chi connectivity index (χ4v) is 2.23. The molecule has 0 aliphatic rings. The third-order valence-electron chi connectivity index (χ3n) is 3.18. The first-order chi connectivity index (χ1) is 11.7. The second-order valence-electron chi connectivity index (χ2n) is 4.95. The maximum atomic E-state index is 12.5. The number of hydrogen-bond acceptors (Lipinski definition) is 4. The number of amides is 1. The smallest absolute Gasteiger partial charge is 0.422 e. The van der Waals surface area contributed by atoms with Crippen LogP contribution in [0.25, 0.3) is 0 Å². The number of halogens is 4. The maximum absolute atomic E-state index is 12.5. The van der Waals surface area contributed by atoms with Crippen molar-refractivity contribution in [2.24, 2.45) is 0 Å². The summed E-state index contributed by atoms with van der Waals surface area (Å²) in [5, 5.41) is -0.191. The maximum Gasteiger partial charge on any atom is 0.422 e. The van der Waals surface area contributed by atoms with Gasteiger partial charge in [-0.05, 0) is 18.2 Å². The van der Waals surface area contributed by atoms with E-state index in [0.717, 1.165) is 6.20 Å². The Morgan fingerprint density at radius 1 is 1.32 bits per heavy atom. The Hall–Kier alpha value is -2.48. The molecule has 1 aromatic carbocycles. The highest BCUT2D eigenvalue weighted by molar-refractivity contribution is 6.32. The molecule has 0 saturated carbocycles. The fraction of sp³-hybridized carbons (Fsp3) is 0.250. The van der Waals surface area contributed by atoms with Gasteiger partial charge in [0.15, 0.2) is 6.61 Å². The van der Waals surface area contributed by atoms with Crippen molar-refractivity contribution in [1.29, 1.82) is 0 Å². The number of benzene rings is 1. The van der Waals surface area contributed by atoms with E-state index in [1.807, 2.05) is 0 Å². The third-order valence-corrected chi connectivity index (χ3v) is 3.45. The zero-order valence-electron chi connectivity index (χ0n) is 13.3. The van der Waals surface area contributed by atoms with Gasteiger partial charge < -0.3 is 14.4 Å². The van der Waals surface area contributed by atoms with Crippen LogP contribution in [0, 0.1) is 0 Å². The van der Waals surface area contributed by atoms with Gasteiger partial charge in [-0.25, -0.2) is 4.98 Å². The lowest BCUT2D eigenvalue weighted by molar-refractivity contribution is -0.154. The molecule has 9 heteroatoms. The third kappa shape index (κ3) is 4.76. The van der Waals surface area contributed by atoms with Crippen LogP contribution in [0.5, 0.6) is 11.6 Å². The Kier molecular flexibility index (Phi) is 5.73. The predicted octanol–water partition coefficient (Wildman–Crippen LogP) is 3.96. The highest BCUT2D eigenvalue weighted by atomic mass is 35.5. The van der Waals surface area contributed by atoms with Crippen LogP contribution in [0.4, 0.5) is 18.9 Å². The van der Waals surface area contributed by atoms with Crippen LogP contribution in [0.1, 0.15) is 10.4 Å². The fourth-order valence-electron chi connectivity index (χ4n) is 2.01. The van der Waals surface area contributed by atoms with Gasteiger partial charge in [0.05, 0.1) is 18.4 Å². The summed E-state index contributed by atoms with van der Waals surface area (Å²) in [6.45, 7) is -1.52. The summed E-state index contributed by atoms with van der Waals surface area (Å²) in [7, 11) is 3.00. The lowest BCUT2D eigenvalue weighted by Gasteiger charge is -2.20. The first-order valence-electron chi connectivity index (χ1n) is 6.99. The van der Waals surface area contributed by atoms with Crippen LogP contribution >= 0.6 is 11.6 Å². The molecule has 1 amide bonds. The van der Waals surface area contributed by atoms with E-state index in [1.54, 1.807) is 24.3 Å². The van der Waals surface area contributed by atoms with Crippen molar-refractivity contribution in [1.82, 2.24) is 4.98 Å². The van der Waals surface area contributed by atoms with Crippen molar-refractivity contribution in [2.45, 2.75) is 6.18 Å². The summed E-state index contributed by atoms with van der Waals surface area (Å²) >= 11 is 5.86. The second kappa shape index (κ2) is 7.60. The Morgan fingerprint density at radius 2 is 2.00 bits per heavy atom. The summed E-state index contributed by atoms with van der Waals surface area (Å²) in [5.74, 6) is -0.362. The molecular formula is C16H14ClF3N2O3. The van der Waals surface area contributed by atoms with Crippen LogP contribution in [0.15, 0.2) is 36.5 Å². The number of nitrogens with zero attached hydrogens (tertiary/aromatic N) is 2. The molecule has 1 heterocycles. The molecule has 0 bridgehead atoms. The lowest BCUT2D eigenvalue weighted by atomic mass is 10.2. The number of carbonyl (C=O) groups excluding carboxylic acids is 1. The highest BCUT2D eigenvalue weighted by Crippen LogP contribution is 2.29. The van der Waals surface area contributed by atoms with Gasteiger partial charge in [0.1, 0.15) is 10.8 Å². The number of hydrogen-bond donors (Lipinski definition) is 0. The molecule has 0 aliphatic heterocycles. The molecule has 2 rings (SSSR count). The molecule has 1 aromatic heterocycles. The summed E-state index contributed by atoms with van der Waals surface area (Å²) < 4.78 is 46.2. The van der Waals surface area contributed by atoms with Gasteiger partial charge in [-0.15, -0.1) is 0 Å². The molecule has 0 spiro atoms. The number of alkyl halides is 3. The molecule has 0 N–H and O–H groups in total. The Morgan fingerprint density at radius 3 is 2.60 bits per heavy atom. The van der Waals surface area contributed by atoms with E-state index in [9.17, 15) is 18.0 Å². The number of methoxy groups -OCH3 is 1. The summed E-state index contributed by atoms with van der Waals surface area (Å²) in [5.41, 5.74) is 0.612. The van der Waals surface area contributed by atoms with E-state index in [2.05, 4.69) is 9.72 Å². The number of aromatic nitrogens is 1. The van der Waals surface area contributed by atoms with Crippen molar-refractivity contribution >= 4 is 23.2 Å². The molecule has 134 valence electrons. The summed E-state index contributed by atoms with van der Waals surface area (Å²) in [6.07, 6.45) is -3.41. The summed E-state index contributed by atoms with van der Waals surface area (Å²) in [6, 6.07) is 8.08. The minimum absolute atomic E-state index is 0.0952. The largest absolute Gasteiger partial charge is 0.495 e. The molecule has 5 nitrogen and oxygen atoms in total. The minimum atomic E-state index is -4.51. The Balaban J connectivity index is 2.21. The van der Waals surface area contributed by atoms with Gasteiger partial charge in [-0.1, -0.05) is 23.7 Å². The van der Waals surface area contributed by atoms with Crippen molar-refractivity contribution in [2.75, 3.05) is 25.7 Å². The number of pyridine rings is 1. The molecule has 2 aromatic rings. The van der Waals surface area contributed by atoms with Gasteiger partial charge >= 0.3 is 6.18 Å².